The lowest BCUT2D eigenvalue weighted by Gasteiger charge is -2.35. The number of halogens is 1. The molecular weight excluding hydrogens is 558 g/mol. The number of nitrogens with one attached hydrogen (secondary N) is 1. The van der Waals surface area contributed by atoms with Crippen molar-refractivity contribution in [3.05, 3.63) is 125 Å². The second-order valence-corrected chi connectivity index (χ2v) is 11.3. The maximum atomic E-state index is 13.2. The molecule has 218 valence electrons. The number of H-pyrrole nitrogens is 1. The molecule has 1 fully saturated rings. The molecule has 7 nitrogen and oxygen atoms in total. The van der Waals surface area contributed by atoms with Crippen molar-refractivity contribution in [2.75, 3.05) is 44.7 Å². The number of rotatable bonds is 8. The molecule has 0 radical (unpaired) electrons. The molecule has 0 aliphatic carbocycles. The number of benzene rings is 4. The molecule has 1 aliphatic heterocycles. The van der Waals surface area contributed by atoms with Gasteiger partial charge in [-0.1, -0.05) is 78.3 Å². The van der Waals surface area contributed by atoms with E-state index in [2.05, 4.69) is 39.0 Å². The lowest BCUT2D eigenvalue weighted by Crippen LogP contribution is -2.49. The van der Waals surface area contributed by atoms with Gasteiger partial charge in [0, 0.05) is 61.4 Å². The number of nitrogens with zero attached hydrogens (tertiary/aromatic N) is 4. The van der Waals surface area contributed by atoms with Gasteiger partial charge in [0.15, 0.2) is 5.88 Å². The molecule has 2 N–H and O–H groups in total. The number of carbonyl (C=O) groups excluding carboxylic acids is 1. The number of anilines is 1. The normalized spacial score (nSPS) is 14.7. The molecule has 8 heteroatoms. The summed E-state index contributed by atoms with van der Waals surface area (Å²) in [6.07, 6.45) is 0. The zero-order valence-electron chi connectivity index (χ0n) is 24.1. The maximum Gasteiger partial charge on any atom is 0.240 e. The van der Waals surface area contributed by atoms with Crippen molar-refractivity contribution in [3.63, 3.8) is 0 Å². The summed E-state index contributed by atoms with van der Waals surface area (Å²) in [4.78, 5) is 27.5. The topological polar surface area (TPSA) is 75.2 Å². The van der Waals surface area contributed by atoms with Crippen molar-refractivity contribution >= 4 is 45.5 Å². The Labute approximate surface area is 256 Å². The molecule has 1 amide bonds. The van der Waals surface area contributed by atoms with Gasteiger partial charge in [-0.2, -0.15) is 0 Å². The number of aliphatic imine (C=N–C) groups is 1. The highest BCUT2D eigenvalue weighted by Gasteiger charge is 2.22. The fourth-order valence-electron chi connectivity index (χ4n) is 5.52. The van der Waals surface area contributed by atoms with E-state index in [1.54, 1.807) is 17.0 Å². The molecule has 43 heavy (non-hydrogen) atoms. The molecular formula is C35H34ClN5O2. The van der Waals surface area contributed by atoms with Crippen molar-refractivity contribution in [3.8, 4) is 5.88 Å². The molecule has 4 aromatic carbocycles. The number of aromatic amines is 1. The molecule has 0 spiro atoms. The monoisotopic (exact) mass is 591 g/mol. The van der Waals surface area contributed by atoms with Gasteiger partial charge in [-0.15, -0.1) is 0 Å². The van der Waals surface area contributed by atoms with E-state index in [0.717, 1.165) is 54.9 Å². The molecule has 0 saturated carbocycles. The summed E-state index contributed by atoms with van der Waals surface area (Å²) in [6.45, 7) is 4.96. The van der Waals surface area contributed by atoms with Crippen LogP contribution in [0.3, 0.4) is 0 Å². The summed E-state index contributed by atoms with van der Waals surface area (Å²) < 4.78 is 0. The maximum absolute atomic E-state index is 13.2. The molecule has 6 rings (SSSR count). The summed E-state index contributed by atoms with van der Waals surface area (Å²) in [7, 11) is 1.82. The Morgan fingerprint density at radius 1 is 0.884 bits per heavy atom. The molecule has 0 bridgehead atoms. The van der Waals surface area contributed by atoms with E-state index in [0.29, 0.717) is 28.5 Å². The van der Waals surface area contributed by atoms with Crippen LogP contribution in [0.5, 0.6) is 5.88 Å². The van der Waals surface area contributed by atoms with Gasteiger partial charge >= 0.3 is 0 Å². The van der Waals surface area contributed by atoms with E-state index < -0.39 is 0 Å². The Hall–Kier alpha value is -4.43. The minimum absolute atomic E-state index is 0.0303. The summed E-state index contributed by atoms with van der Waals surface area (Å²) in [6, 6.07) is 33.4. The molecule has 2 heterocycles. The lowest BCUT2D eigenvalue weighted by molar-refractivity contribution is -0.119. The average Bonchev–Trinajstić information content (AvgIpc) is 3.36. The highest BCUT2D eigenvalue weighted by Crippen LogP contribution is 2.33. The molecule has 0 unspecified atom stereocenters. The van der Waals surface area contributed by atoms with Crippen LogP contribution < -0.4 is 4.90 Å². The number of carbonyl (C=O) groups is 1. The predicted octanol–water partition coefficient (Wildman–Crippen LogP) is 6.48. The highest BCUT2D eigenvalue weighted by molar-refractivity contribution is 6.31. The van der Waals surface area contributed by atoms with Crippen LogP contribution in [-0.4, -0.2) is 71.3 Å². The standard InChI is InChI=1S/C35H34ClN5O2/c1-39(32(42)24-41-20-18-40(19-21-41)23-25-8-4-2-5-9-25)29-15-13-28(14-16-29)37-34(26-10-6-3-7-11-26)33-30-17-12-27(36)22-31(30)38-35(33)43/h2-17,22,38,43H,18-21,23-24H2,1H3. The smallest absolute Gasteiger partial charge is 0.240 e. The van der Waals surface area contributed by atoms with Crippen molar-refractivity contribution in [2.45, 2.75) is 6.54 Å². The number of piperazine rings is 1. The van der Waals surface area contributed by atoms with Crippen LogP contribution in [0.25, 0.3) is 10.9 Å². The summed E-state index contributed by atoms with van der Waals surface area (Å²) in [5.41, 5.74) is 5.68. The largest absolute Gasteiger partial charge is 0.494 e. The van der Waals surface area contributed by atoms with Crippen LogP contribution in [0.2, 0.25) is 5.02 Å². The molecule has 5 aromatic rings. The van der Waals surface area contributed by atoms with Crippen LogP contribution in [0.15, 0.2) is 108 Å². The third-order valence-electron chi connectivity index (χ3n) is 7.95. The first-order chi connectivity index (χ1) is 20.9. The first kappa shape index (κ1) is 28.7. The third-order valence-corrected chi connectivity index (χ3v) is 8.18. The highest BCUT2D eigenvalue weighted by atomic mass is 35.5. The van der Waals surface area contributed by atoms with Crippen molar-refractivity contribution in [1.29, 1.82) is 0 Å². The van der Waals surface area contributed by atoms with Gasteiger partial charge in [0.2, 0.25) is 5.91 Å². The Morgan fingerprint density at radius 3 is 2.23 bits per heavy atom. The van der Waals surface area contributed by atoms with E-state index in [1.807, 2.05) is 73.8 Å². The summed E-state index contributed by atoms with van der Waals surface area (Å²) in [5.74, 6) is 0.0860. The van der Waals surface area contributed by atoms with Crippen molar-refractivity contribution in [2.24, 2.45) is 4.99 Å². The lowest BCUT2D eigenvalue weighted by atomic mass is 10.0. The average molecular weight is 592 g/mol. The van der Waals surface area contributed by atoms with Crippen LogP contribution in [-0.2, 0) is 11.3 Å². The third kappa shape index (κ3) is 6.65. The first-order valence-electron chi connectivity index (χ1n) is 14.4. The zero-order valence-corrected chi connectivity index (χ0v) is 24.8. The molecule has 1 saturated heterocycles. The van der Waals surface area contributed by atoms with E-state index in [4.69, 9.17) is 16.6 Å². The Kier molecular flexibility index (Phi) is 8.56. The number of hydrogen-bond acceptors (Lipinski definition) is 5. The van der Waals surface area contributed by atoms with Crippen molar-refractivity contribution < 1.29 is 9.90 Å². The number of fused-ring (bicyclic) bond motifs is 1. The van der Waals surface area contributed by atoms with Gasteiger partial charge in [-0.3, -0.25) is 14.6 Å². The number of hydrogen-bond donors (Lipinski definition) is 2. The number of aromatic hydroxyl groups is 1. The predicted molar refractivity (Wildman–Crippen MR) is 175 cm³/mol. The van der Waals surface area contributed by atoms with E-state index in [-0.39, 0.29) is 11.8 Å². The second kappa shape index (κ2) is 12.8. The van der Waals surface area contributed by atoms with Crippen LogP contribution >= 0.6 is 11.6 Å². The molecule has 0 atom stereocenters. The molecule has 1 aliphatic rings. The summed E-state index contributed by atoms with van der Waals surface area (Å²) >= 11 is 6.19. The minimum atomic E-state index is 0.0303. The SMILES string of the molecule is CN(C(=O)CN1CCN(Cc2ccccc2)CC1)c1ccc(N=C(c2ccccc2)c2c(O)[nH]c3cc(Cl)ccc23)cc1. The van der Waals surface area contributed by atoms with Gasteiger partial charge in [0.05, 0.1) is 29.0 Å². The fraction of sp³-hybridized carbons (Fsp3) is 0.200. The number of aromatic nitrogens is 1. The van der Waals surface area contributed by atoms with Gasteiger partial charge < -0.3 is 15.0 Å². The number of likely N-dealkylation sites (N-methyl/N-ethyl adjacent to an activating group) is 1. The van der Waals surface area contributed by atoms with Gasteiger partial charge in [0.25, 0.3) is 0 Å². The summed E-state index contributed by atoms with van der Waals surface area (Å²) in [5, 5.41) is 12.3. The Morgan fingerprint density at radius 2 is 1.53 bits per heavy atom. The second-order valence-electron chi connectivity index (χ2n) is 10.9. The van der Waals surface area contributed by atoms with E-state index >= 15 is 0 Å². The minimum Gasteiger partial charge on any atom is -0.494 e. The van der Waals surface area contributed by atoms with Crippen molar-refractivity contribution in [1.82, 2.24) is 14.8 Å². The fourth-order valence-corrected chi connectivity index (χ4v) is 5.70. The quantitative estimate of drug-likeness (QED) is 0.203. The first-order valence-corrected chi connectivity index (χ1v) is 14.8. The van der Waals surface area contributed by atoms with E-state index in [9.17, 15) is 9.90 Å². The Balaban J connectivity index is 1.15. The van der Waals surface area contributed by atoms with Gasteiger partial charge in [0.1, 0.15) is 0 Å². The number of amides is 1. The Bertz CT molecular complexity index is 1730. The van der Waals surface area contributed by atoms with Gasteiger partial charge in [-0.25, -0.2) is 4.99 Å². The van der Waals surface area contributed by atoms with Crippen LogP contribution in [0.1, 0.15) is 16.7 Å². The zero-order chi connectivity index (χ0) is 29.8. The van der Waals surface area contributed by atoms with Gasteiger partial charge in [-0.05, 0) is 42.0 Å². The van der Waals surface area contributed by atoms with Crippen LogP contribution in [0, 0.1) is 0 Å². The van der Waals surface area contributed by atoms with E-state index in [1.165, 1.54) is 5.56 Å². The molecule has 1 aromatic heterocycles. The van der Waals surface area contributed by atoms with Crippen LogP contribution in [0.4, 0.5) is 11.4 Å².